The third kappa shape index (κ3) is 5.22. The third-order valence-corrected chi connectivity index (χ3v) is 2.50. The molecule has 3 nitrogen and oxygen atoms in total. The number of carbonyl (C=O) groups is 1. The summed E-state index contributed by atoms with van der Waals surface area (Å²) in [6.07, 6.45) is -2.27. The first-order valence-corrected chi connectivity index (χ1v) is 5.47. The Morgan fingerprint density at radius 3 is 2.67 bits per heavy atom. The summed E-state index contributed by atoms with van der Waals surface area (Å²) >= 11 is 3.15. The first-order chi connectivity index (χ1) is 8.28. The minimum atomic E-state index is -4.41. The van der Waals surface area contributed by atoms with Crippen LogP contribution in [0.2, 0.25) is 0 Å². The van der Waals surface area contributed by atoms with E-state index in [1.54, 1.807) is 0 Å². The average Bonchev–Trinajstić information content (AvgIpc) is 2.25. The molecule has 0 saturated carbocycles. The second-order valence-electron chi connectivity index (χ2n) is 3.26. The zero-order valence-electron chi connectivity index (χ0n) is 8.87. The van der Waals surface area contributed by atoms with Crippen molar-refractivity contribution in [3.63, 3.8) is 0 Å². The van der Waals surface area contributed by atoms with Gasteiger partial charge in [0.2, 0.25) is 0 Å². The molecule has 0 radical (unpaired) electrons. The fourth-order valence-corrected chi connectivity index (χ4v) is 1.44. The van der Waals surface area contributed by atoms with Gasteiger partial charge in [-0.3, -0.25) is 0 Å². The number of rotatable bonds is 4. The zero-order chi connectivity index (χ0) is 13.8. The van der Waals surface area contributed by atoms with Gasteiger partial charge in [0.15, 0.2) is 6.61 Å². The molecule has 98 valence electrons. The Hall–Kier alpha value is -1.50. The summed E-state index contributed by atoms with van der Waals surface area (Å²) in [5, 5.41) is 8.46. The van der Waals surface area contributed by atoms with Crippen LogP contribution in [0.3, 0.4) is 0 Å². The van der Waals surface area contributed by atoms with Gasteiger partial charge in [0.1, 0.15) is 5.75 Å². The van der Waals surface area contributed by atoms with Crippen molar-refractivity contribution >= 4 is 28.0 Å². The molecule has 18 heavy (non-hydrogen) atoms. The van der Waals surface area contributed by atoms with Crippen molar-refractivity contribution in [3.8, 4) is 5.75 Å². The van der Waals surface area contributed by atoms with Gasteiger partial charge in [-0.05, 0) is 29.8 Å². The van der Waals surface area contributed by atoms with Gasteiger partial charge in [-0.25, -0.2) is 4.79 Å². The van der Waals surface area contributed by atoms with E-state index in [0.717, 1.165) is 6.08 Å². The average molecular weight is 325 g/mol. The second-order valence-corrected chi connectivity index (χ2v) is 4.11. The van der Waals surface area contributed by atoms with E-state index in [1.165, 1.54) is 24.3 Å². The van der Waals surface area contributed by atoms with Gasteiger partial charge < -0.3 is 9.84 Å². The van der Waals surface area contributed by atoms with Crippen molar-refractivity contribution in [2.75, 3.05) is 6.61 Å². The minimum Gasteiger partial charge on any atom is -0.484 e. The minimum absolute atomic E-state index is 0.0144. The summed E-state index contributed by atoms with van der Waals surface area (Å²) in [7, 11) is 0. The SMILES string of the molecule is O=C(O)/C=C/c1cc(OCC(F)(F)F)ccc1Br. The van der Waals surface area contributed by atoms with E-state index in [0.29, 0.717) is 10.0 Å². The second kappa shape index (κ2) is 5.90. The molecule has 0 amide bonds. The summed E-state index contributed by atoms with van der Waals surface area (Å²) < 4.78 is 40.9. The largest absolute Gasteiger partial charge is 0.484 e. The number of hydrogen-bond donors (Lipinski definition) is 1. The molecule has 0 atom stereocenters. The Morgan fingerprint density at radius 2 is 2.11 bits per heavy atom. The lowest BCUT2D eigenvalue weighted by molar-refractivity contribution is -0.153. The van der Waals surface area contributed by atoms with Gasteiger partial charge in [0.05, 0.1) is 0 Å². The lowest BCUT2D eigenvalue weighted by atomic mass is 10.2. The number of ether oxygens (including phenoxy) is 1. The molecule has 0 aromatic heterocycles. The van der Waals surface area contributed by atoms with Crippen molar-refractivity contribution in [2.45, 2.75) is 6.18 Å². The highest BCUT2D eigenvalue weighted by molar-refractivity contribution is 9.10. The predicted octanol–water partition coefficient (Wildman–Crippen LogP) is 3.49. The van der Waals surface area contributed by atoms with Crippen LogP contribution in [0, 0.1) is 0 Å². The molecule has 0 aliphatic rings. The topological polar surface area (TPSA) is 46.5 Å². The number of hydrogen-bond acceptors (Lipinski definition) is 2. The maximum Gasteiger partial charge on any atom is 0.422 e. The molecule has 1 aromatic carbocycles. The van der Waals surface area contributed by atoms with Crippen molar-refractivity contribution in [3.05, 3.63) is 34.3 Å². The number of carboxylic acids is 1. The Labute approximate surface area is 109 Å². The Bertz CT molecular complexity index is 469. The Balaban J connectivity index is 2.84. The highest BCUT2D eigenvalue weighted by atomic mass is 79.9. The van der Waals surface area contributed by atoms with Gasteiger partial charge in [0, 0.05) is 10.5 Å². The standard InChI is InChI=1S/C11H8BrF3O3/c12-9-3-2-8(18-6-11(13,14)15)5-7(9)1-4-10(16)17/h1-5H,6H2,(H,16,17)/b4-1+. The van der Waals surface area contributed by atoms with Crippen LogP contribution in [0.4, 0.5) is 13.2 Å². The van der Waals surface area contributed by atoms with E-state index in [1.807, 2.05) is 0 Å². The highest BCUT2D eigenvalue weighted by Crippen LogP contribution is 2.25. The molecule has 7 heteroatoms. The van der Waals surface area contributed by atoms with Gasteiger partial charge in [-0.15, -0.1) is 0 Å². The van der Waals surface area contributed by atoms with Crippen LogP contribution in [0.15, 0.2) is 28.7 Å². The highest BCUT2D eigenvalue weighted by Gasteiger charge is 2.28. The van der Waals surface area contributed by atoms with E-state index in [4.69, 9.17) is 5.11 Å². The molecule has 0 unspecified atom stereocenters. The smallest absolute Gasteiger partial charge is 0.422 e. The van der Waals surface area contributed by atoms with Crippen LogP contribution in [-0.2, 0) is 4.79 Å². The third-order valence-electron chi connectivity index (χ3n) is 1.78. The van der Waals surface area contributed by atoms with Crippen LogP contribution in [0.1, 0.15) is 5.56 Å². The van der Waals surface area contributed by atoms with E-state index in [2.05, 4.69) is 20.7 Å². The van der Waals surface area contributed by atoms with E-state index >= 15 is 0 Å². The molecule has 0 saturated heterocycles. The molecule has 0 spiro atoms. The van der Waals surface area contributed by atoms with Gasteiger partial charge >= 0.3 is 12.1 Å². The quantitative estimate of drug-likeness (QED) is 0.862. The summed E-state index contributed by atoms with van der Waals surface area (Å²) in [6, 6.07) is 4.15. The fourth-order valence-electron chi connectivity index (χ4n) is 1.07. The van der Waals surface area contributed by atoms with Crippen LogP contribution < -0.4 is 4.74 Å². The van der Waals surface area contributed by atoms with Crippen LogP contribution in [0.5, 0.6) is 5.75 Å². The number of carboxylic acid groups (broad SMARTS) is 1. The molecule has 0 bridgehead atoms. The van der Waals surface area contributed by atoms with E-state index < -0.39 is 18.8 Å². The van der Waals surface area contributed by atoms with Crippen molar-refractivity contribution in [1.29, 1.82) is 0 Å². The molecular formula is C11H8BrF3O3. The monoisotopic (exact) mass is 324 g/mol. The fraction of sp³-hybridized carbons (Fsp3) is 0.182. The summed E-state index contributed by atoms with van der Waals surface area (Å²) in [4.78, 5) is 10.3. The molecule has 0 heterocycles. The van der Waals surface area contributed by atoms with Crippen molar-refractivity contribution in [2.24, 2.45) is 0 Å². The molecule has 1 aromatic rings. The van der Waals surface area contributed by atoms with Crippen LogP contribution >= 0.6 is 15.9 Å². The number of aliphatic carboxylic acids is 1. The van der Waals surface area contributed by atoms with Crippen molar-refractivity contribution in [1.82, 2.24) is 0 Å². The number of alkyl halides is 3. The molecule has 0 fully saturated rings. The summed E-state index contributed by atoms with van der Waals surface area (Å²) in [5.41, 5.74) is 0.414. The molecule has 1 rings (SSSR count). The summed E-state index contributed by atoms with van der Waals surface area (Å²) in [6.45, 7) is -1.39. The predicted molar refractivity (Wildman–Crippen MR) is 62.4 cm³/mol. The lowest BCUT2D eigenvalue weighted by Gasteiger charge is -2.10. The maximum absolute atomic E-state index is 11.9. The number of benzene rings is 1. The van der Waals surface area contributed by atoms with Crippen LogP contribution in [-0.4, -0.2) is 23.9 Å². The van der Waals surface area contributed by atoms with E-state index in [-0.39, 0.29) is 5.75 Å². The molecular weight excluding hydrogens is 317 g/mol. The normalized spacial score (nSPS) is 11.8. The Kier molecular flexibility index (Phi) is 4.77. The number of halogens is 4. The van der Waals surface area contributed by atoms with Crippen LogP contribution in [0.25, 0.3) is 6.08 Å². The van der Waals surface area contributed by atoms with Gasteiger partial charge in [-0.1, -0.05) is 15.9 Å². The lowest BCUT2D eigenvalue weighted by Crippen LogP contribution is -2.19. The van der Waals surface area contributed by atoms with Crippen molar-refractivity contribution < 1.29 is 27.8 Å². The zero-order valence-corrected chi connectivity index (χ0v) is 10.5. The molecule has 0 aliphatic heterocycles. The molecule has 1 N–H and O–H groups in total. The van der Waals surface area contributed by atoms with Gasteiger partial charge in [-0.2, -0.15) is 13.2 Å². The first kappa shape index (κ1) is 14.6. The van der Waals surface area contributed by atoms with E-state index in [9.17, 15) is 18.0 Å². The molecule has 0 aliphatic carbocycles. The van der Waals surface area contributed by atoms with Gasteiger partial charge in [0.25, 0.3) is 0 Å². The first-order valence-electron chi connectivity index (χ1n) is 4.68. The maximum atomic E-state index is 11.9. The summed E-state index contributed by atoms with van der Waals surface area (Å²) in [5.74, 6) is -1.14. The Morgan fingerprint density at radius 1 is 1.44 bits per heavy atom.